The largest absolute Gasteiger partial charge is 0.375 e. The van der Waals surface area contributed by atoms with Crippen LogP contribution in [-0.2, 0) is 4.74 Å². The van der Waals surface area contributed by atoms with Gasteiger partial charge in [0.15, 0.2) is 0 Å². The van der Waals surface area contributed by atoms with Gasteiger partial charge >= 0.3 is 0 Å². The molecule has 1 fully saturated rings. The quantitative estimate of drug-likeness (QED) is 0.911. The maximum Gasteiger partial charge on any atom is 0.251 e. The van der Waals surface area contributed by atoms with Crippen molar-refractivity contribution in [1.29, 1.82) is 0 Å². The smallest absolute Gasteiger partial charge is 0.251 e. The molecule has 0 spiro atoms. The summed E-state index contributed by atoms with van der Waals surface area (Å²) >= 11 is 0. The van der Waals surface area contributed by atoms with Crippen LogP contribution in [0.4, 0.5) is 0 Å². The minimum atomic E-state index is -0.0250. The lowest BCUT2D eigenvalue weighted by Gasteiger charge is -2.30. The van der Waals surface area contributed by atoms with Crippen molar-refractivity contribution >= 4 is 5.91 Å². The zero-order valence-electron chi connectivity index (χ0n) is 15.0. The number of nitrogens with one attached hydrogen (secondary N) is 1. The molecule has 1 aliphatic heterocycles. The Morgan fingerprint density at radius 1 is 1.16 bits per heavy atom. The van der Waals surface area contributed by atoms with E-state index in [1.807, 2.05) is 36.4 Å². The number of likely N-dealkylation sites (N-methyl/N-ethyl adjacent to an activating group) is 1. The van der Waals surface area contributed by atoms with Crippen molar-refractivity contribution in [1.82, 2.24) is 10.2 Å². The Hall–Kier alpha value is -2.17. The molecule has 0 bridgehead atoms. The summed E-state index contributed by atoms with van der Waals surface area (Å²) in [6, 6.07) is 15.9. The maximum atomic E-state index is 12.7. The Balaban J connectivity index is 1.66. The Labute approximate surface area is 149 Å². The van der Waals surface area contributed by atoms with Crippen molar-refractivity contribution in [2.75, 3.05) is 33.3 Å². The number of aryl methyl sites for hydroxylation is 1. The van der Waals surface area contributed by atoms with Crippen molar-refractivity contribution in [3.63, 3.8) is 0 Å². The summed E-state index contributed by atoms with van der Waals surface area (Å²) in [6.45, 7) is 5.37. The third kappa shape index (κ3) is 4.47. The summed E-state index contributed by atoms with van der Waals surface area (Å²) in [5.41, 5.74) is 3.97. The number of nitrogens with zero attached hydrogens (tertiary/aromatic N) is 1. The standard InChI is InChI=1S/C21H26N2O2/c1-16-7-3-4-8-18(16)19-9-5-6-10-20(19)21(24)22-12-11-17-15-23(2)13-14-25-17/h3-10,17H,11-15H2,1-2H3,(H,22,24). The van der Waals surface area contributed by atoms with Gasteiger partial charge in [-0.2, -0.15) is 0 Å². The number of hydrogen-bond acceptors (Lipinski definition) is 3. The highest BCUT2D eigenvalue weighted by Gasteiger charge is 2.18. The minimum absolute atomic E-state index is 0.0250. The Kier molecular flexibility index (Phi) is 5.84. The molecule has 1 aliphatic rings. The van der Waals surface area contributed by atoms with Crippen LogP contribution in [0.3, 0.4) is 0 Å². The van der Waals surface area contributed by atoms with E-state index in [4.69, 9.17) is 4.74 Å². The van der Waals surface area contributed by atoms with Gasteiger partial charge in [0.2, 0.25) is 0 Å². The monoisotopic (exact) mass is 338 g/mol. The van der Waals surface area contributed by atoms with Crippen LogP contribution in [0.1, 0.15) is 22.3 Å². The first-order chi connectivity index (χ1) is 12.1. The average molecular weight is 338 g/mol. The number of carbonyl (C=O) groups is 1. The van der Waals surface area contributed by atoms with Crippen molar-refractivity contribution in [2.24, 2.45) is 0 Å². The van der Waals surface area contributed by atoms with E-state index >= 15 is 0 Å². The highest BCUT2D eigenvalue weighted by atomic mass is 16.5. The van der Waals surface area contributed by atoms with Crippen LogP contribution < -0.4 is 5.32 Å². The second kappa shape index (κ2) is 8.28. The second-order valence-electron chi connectivity index (χ2n) is 6.66. The van der Waals surface area contributed by atoms with Gasteiger partial charge in [-0.05, 0) is 43.1 Å². The van der Waals surface area contributed by atoms with E-state index in [1.54, 1.807) is 0 Å². The van der Waals surface area contributed by atoms with Crippen molar-refractivity contribution in [2.45, 2.75) is 19.4 Å². The number of carbonyl (C=O) groups excluding carboxylic acids is 1. The molecule has 1 heterocycles. The van der Waals surface area contributed by atoms with Crippen LogP contribution in [0.2, 0.25) is 0 Å². The lowest BCUT2D eigenvalue weighted by Crippen LogP contribution is -2.41. The molecule has 0 aliphatic carbocycles. The number of benzene rings is 2. The highest BCUT2D eigenvalue weighted by molar-refractivity contribution is 6.01. The van der Waals surface area contributed by atoms with Crippen LogP contribution >= 0.6 is 0 Å². The first-order valence-electron chi connectivity index (χ1n) is 8.88. The van der Waals surface area contributed by atoms with Gasteiger partial charge in [0.1, 0.15) is 0 Å². The number of rotatable bonds is 5. The molecule has 0 aromatic heterocycles. The average Bonchev–Trinajstić information content (AvgIpc) is 2.62. The molecule has 2 aromatic carbocycles. The summed E-state index contributed by atoms with van der Waals surface area (Å²) in [6.07, 6.45) is 1.04. The van der Waals surface area contributed by atoms with Crippen LogP contribution in [0.25, 0.3) is 11.1 Å². The van der Waals surface area contributed by atoms with E-state index in [2.05, 4.69) is 36.3 Å². The zero-order valence-corrected chi connectivity index (χ0v) is 15.0. The second-order valence-corrected chi connectivity index (χ2v) is 6.66. The summed E-state index contributed by atoms with van der Waals surface area (Å²) < 4.78 is 5.75. The molecule has 1 amide bonds. The van der Waals surface area contributed by atoms with Crippen LogP contribution in [0.15, 0.2) is 48.5 Å². The van der Waals surface area contributed by atoms with Gasteiger partial charge in [0.25, 0.3) is 5.91 Å². The molecule has 4 heteroatoms. The molecule has 1 saturated heterocycles. The third-order valence-electron chi connectivity index (χ3n) is 4.70. The minimum Gasteiger partial charge on any atom is -0.375 e. The molecular formula is C21H26N2O2. The number of morpholine rings is 1. The molecular weight excluding hydrogens is 312 g/mol. The molecule has 4 nitrogen and oxygen atoms in total. The van der Waals surface area contributed by atoms with Gasteiger partial charge in [0.05, 0.1) is 12.7 Å². The molecule has 1 unspecified atom stereocenters. The molecule has 1 atom stereocenters. The van der Waals surface area contributed by atoms with Crippen LogP contribution in [-0.4, -0.2) is 50.2 Å². The van der Waals surface area contributed by atoms with E-state index < -0.39 is 0 Å². The van der Waals surface area contributed by atoms with Gasteiger partial charge in [0, 0.05) is 25.2 Å². The number of hydrogen-bond donors (Lipinski definition) is 1. The fraction of sp³-hybridized carbons (Fsp3) is 0.381. The number of ether oxygens (including phenoxy) is 1. The number of amides is 1. The van der Waals surface area contributed by atoms with Gasteiger partial charge in [-0.1, -0.05) is 42.5 Å². The fourth-order valence-corrected chi connectivity index (χ4v) is 3.27. The van der Waals surface area contributed by atoms with Crippen molar-refractivity contribution in [3.05, 3.63) is 59.7 Å². The summed E-state index contributed by atoms with van der Waals surface area (Å²) in [5, 5.41) is 3.05. The third-order valence-corrected chi connectivity index (χ3v) is 4.70. The van der Waals surface area contributed by atoms with E-state index in [9.17, 15) is 4.79 Å². The van der Waals surface area contributed by atoms with Crippen molar-refractivity contribution in [3.8, 4) is 11.1 Å². The predicted octanol–water partition coefficient (Wildman–Crippen LogP) is 3.11. The Bertz CT molecular complexity index is 729. The lowest BCUT2D eigenvalue weighted by molar-refractivity contribution is -0.0225. The first kappa shape index (κ1) is 17.6. The maximum absolute atomic E-state index is 12.7. The SMILES string of the molecule is Cc1ccccc1-c1ccccc1C(=O)NCCC1CN(C)CCO1. The zero-order chi connectivity index (χ0) is 17.6. The van der Waals surface area contributed by atoms with Crippen LogP contribution in [0.5, 0.6) is 0 Å². The van der Waals surface area contributed by atoms with E-state index in [1.165, 1.54) is 5.56 Å². The van der Waals surface area contributed by atoms with Gasteiger partial charge < -0.3 is 15.0 Å². The molecule has 3 rings (SSSR count). The molecule has 132 valence electrons. The Morgan fingerprint density at radius 3 is 2.64 bits per heavy atom. The summed E-state index contributed by atoms with van der Waals surface area (Å²) in [7, 11) is 2.10. The molecule has 1 N–H and O–H groups in total. The van der Waals surface area contributed by atoms with E-state index in [0.717, 1.165) is 42.8 Å². The summed E-state index contributed by atoms with van der Waals surface area (Å²) in [5.74, 6) is -0.0250. The molecule has 0 saturated carbocycles. The predicted molar refractivity (Wildman–Crippen MR) is 101 cm³/mol. The van der Waals surface area contributed by atoms with Crippen LogP contribution in [0, 0.1) is 6.92 Å². The topological polar surface area (TPSA) is 41.6 Å². The van der Waals surface area contributed by atoms with Crippen molar-refractivity contribution < 1.29 is 9.53 Å². The van der Waals surface area contributed by atoms with E-state index in [0.29, 0.717) is 6.54 Å². The van der Waals surface area contributed by atoms with Gasteiger partial charge in [-0.25, -0.2) is 0 Å². The normalized spacial score (nSPS) is 18.1. The molecule has 0 radical (unpaired) electrons. The van der Waals surface area contributed by atoms with E-state index in [-0.39, 0.29) is 12.0 Å². The lowest BCUT2D eigenvalue weighted by atomic mass is 9.95. The van der Waals surface area contributed by atoms with Gasteiger partial charge in [-0.15, -0.1) is 0 Å². The highest BCUT2D eigenvalue weighted by Crippen LogP contribution is 2.26. The molecule has 2 aromatic rings. The Morgan fingerprint density at radius 2 is 1.88 bits per heavy atom. The summed E-state index contributed by atoms with van der Waals surface area (Å²) in [4.78, 5) is 15.0. The van der Waals surface area contributed by atoms with Gasteiger partial charge in [-0.3, -0.25) is 4.79 Å². The molecule has 25 heavy (non-hydrogen) atoms. The first-order valence-corrected chi connectivity index (χ1v) is 8.88. The fourth-order valence-electron chi connectivity index (χ4n) is 3.27.